The van der Waals surface area contributed by atoms with Gasteiger partial charge in [-0.05, 0) is 24.3 Å². The highest BCUT2D eigenvalue weighted by atomic mass is 19.4. The molecule has 0 aliphatic carbocycles. The molecule has 0 unspecified atom stereocenters. The van der Waals surface area contributed by atoms with Gasteiger partial charge in [0.1, 0.15) is 0 Å². The Kier molecular flexibility index (Phi) is 3.88. The summed E-state index contributed by atoms with van der Waals surface area (Å²) < 4.78 is 38.4. The molecule has 4 nitrogen and oxygen atoms in total. The van der Waals surface area contributed by atoms with E-state index in [4.69, 9.17) is 5.73 Å². The molecule has 20 heavy (non-hydrogen) atoms. The van der Waals surface area contributed by atoms with E-state index in [0.717, 1.165) is 6.07 Å². The number of hydrogen-bond donors (Lipinski definition) is 2. The van der Waals surface area contributed by atoms with E-state index in [1.807, 2.05) is 0 Å². The highest BCUT2D eigenvalue weighted by Crippen LogP contribution is 2.35. The number of halogens is 3. The maximum absolute atomic E-state index is 12.8. The molecular weight excluding hydrogens is 269 g/mol. The topological polar surface area (TPSA) is 63.3 Å². The molecule has 0 bridgehead atoms. The summed E-state index contributed by atoms with van der Waals surface area (Å²) in [6, 6.07) is 8.30. The highest BCUT2D eigenvalue weighted by molar-refractivity contribution is 5.94. The second kappa shape index (κ2) is 5.60. The van der Waals surface area contributed by atoms with E-state index >= 15 is 0 Å². The zero-order chi connectivity index (χ0) is 14.6. The van der Waals surface area contributed by atoms with E-state index in [0.29, 0.717) is 5.69 Å². The number of anilines is 1. The molecule has 0 saturated carbocycles. The molecule has 0 aliphatic rings. The molecule has 0 amide bonds. The average Bonchev–Trinajstić information content (AvgIpc) is 2.39. The fourth-order valence-electron chi connectivity index (χ4n) is 1.55. The molecule has 104 valence electrons. The van der Waals surface area contributed by atoms with Crippen molar-refractivity contribution in [2.75, 3.05) is 5.32 Å². The maximum atomic E-state index is 12.8. The van der Waals surface area contributed by atoms with Gasteiger partial charge in [-0.1, -0.05) is 12.1 Å². The fraction of sp³-hybridized carbons (Fsp3) is 0.0769. The van der Waals surface area contributed by atoms with E-state index in [1.165, 1.54) is 24.4 Å². The quantitative estimate of drug-likeness (QED) is 0.656. The van der Waals surface area contributed by atoms with Crippen LogP contribution in [0.3, 0.4) is 0 Å². The first kappa shape index (κ1) is 13.9. The number of nitrogens with two attached hydrogens (primary N) is 1. The number of nitrogens with one attached hydrogen (secondary N) is 1. The molecule has 0 atom stereocenters. The maximum Gasteiger partial charge on any atom is 0.418 e. The van der Waals surface area contributed by atoms with E-state index in [9.17, 15) is 13.2 Å². The summed E-state index contributed by atoms with van der Waals surface area (Å²) in [4.78, 5) is 7.60. The predicted octanol–water partition coefficient (Wildman–Crippen LogP) is 3.16. The van der Waals surface area contributed by atoms with Crippen molar-refractivity contribution < 1.29 is 13.2 Å². The summed E-state index contributed by atoms with van der Waals surface area (Å²) in [7, 11) is 0. The third kappa shape index (κ3) is 3.47. The Morgan fingerprint density at radius 3 is 2.55 bits per heavy atom. The Balaban J connectivity index is 2.27. The van der Waals surface area contributed by atoms with E-state index < -0.39 is 11.7 Å². The van der Waals surface area contributed by atoms with Gasteiger partial charge in [0, 0.05) is 6.20 Å². The van der Waals surface area contributed by atoms with Crippen LogP contribution in [0.5, 0.6) is 0 Å². The lowest BCUT2D eigenvalue weighted by molar-refractivity contribution is -0.137. The second-order valence-corrected chi connectivity index (χ2v) is 3.88. The Bertz CT molecular complexity index is 609. The molecule has 2 rings (SSSR count). The number of aromatic nitrogens is 1. The molecule has 0 spiro atoms. The summed E-state index contributed by atoms with van der Waals surface area (Å²) >= 11 is 0. The van der Waals surface area contributed by atoms with Crippen molar-refractivity contribution in [3.63, 3.8) is 0 Å². The van der Waals surface area contributed by atoms with Crippen LogP contribution in [0.1, 0.15) is 5.56 Å². The first-order valence-electron chi connectivity index (χ1n) is 5.64. The number of alkyl halides is 3. The summed E-state index contributed by atoms with van der Waals surface area (Å²) in [5, 5.41) is 2.67. The summed E-state index contributed by atoms with van der Waals surface area (Å²) in [6.45, 7) is 0. The lowest BCUT2D eigenvalue weighted by atomic mass is 10.2. The molecule has 7 heteroatoms. The Labute approximate surface area is 113 Å². The van der Waals surface area contributed by atoms with Crippen molar-refractivity contribution in [2.24, 2.45) is 10.7 Å². The number of pyridine rings is 1. The van der Waals surface area contributed by atoms with Gasteiger partial charge in [-0.3, -0.25) is 4.98 Å². The normalized spacial score (nSPS) is 12.2. The predicted molar refractivity (Wildman–Crippen MR) is 70.6 cm³/mol. The van der Waals surface area contributed by atoms with Crippen molar-refractivity contribution in [1.82, 2.24) is 4.98 Å². The van der Waals surface area contributed by atoms with Crippen LogP contribution in [0.4, 0.5) is 24.5 Å². The lowest BCUT2D eigenvalue weighted by Gasteiger charge is -2.10. The molecule has 0 fully saturated rings. The summed E-state index contributed by atoms with van der Waals surface area (Å²) in [6.07, 6.45) is -1.43. The van der Waals surface area contributed by atoms with E-state index in [1.54, 1.807) is 18.3 Å². The first-order chi connectivity index (χ1) is 9.47. The molecular formula is C13H11F3N4. The molecule has 0 radical (unpaired) electrons. The lowest BCUT2D eigenvalue weighted by Crippen LogP contribution is -2.22. The Morgan fingerprint density at radius 1 is 1.15 bits per heavy atom. The molecule has 2 aromatic rings. The van der Waals surface area contributed by atoms with Crippen LogP contribution in [0.15, 0.2) is 53.8 Å². The minimum atomic E-state index is -4.48. The summed E-state index contributed by atoms with van der Waals surface area (Å²) in [5.41, 5.74) is 5.05. The number of nitrogens with zero attached hydrogens (tertiary/aromatic N) is 2. The van der Waals surface area contributed by atoms with Gasteiger partial charge < -0.3 is 11.1 Å². The van der Waals surface area contributed by atoms with Gasteiger partial charge in [0.2, 0.25) is 0 Å². The van der Waals surface area contributed by atoms with Crippen LogP contribution in [-0.4, -0.2) is 10.9 Å². The zero-order valence-electron chi connectivity index (χ0n) is 10.2. The van der Waals surface area contributed by atoms with Crippen LogP contribution in [0.2, 0.25) is 0 Å². The number of guanidine groups is 1. The van der Waals surface area contributed by atoms with Gasteiger partial charge in [0.15, 0.2) is 5.96 Å². The van der Waals surface area contributed by atoms with Crippen molar-refractivity contribution in [2.45, 2.75) is 6.18 Å². The van der Waals surface area contributed by atoms with Gasteiger partial charge in [-0.2, -0.15) is 13.2 Å². The molecule has 1 aromatic carbocycles. The molecule has 3 N–H and O–H groups in total. The Morgan fingerprint density at radius 2 is 1.90 bits per heavy atom. The number of rotatable bonds is 2. The minimum absolute atomic E-state index is 0.144. The van der Waals surface area contributed by atoms with Crippen molar-refractivity contribution >= 4 is 17.3 Å². The summed E-state index contributed by atoms with van der Waals surface area (Å²) in [5.74, 6) is -0.144. The fourth-order valence-corrected chi connectivity index (χ4v) is 1.55. The average molecular weight is 280 g/mol. The van der Waals surface area contributed by atoms with Crippen LogP contribution in [0.25, 0.3) is 0 Å². The van der Waals surface area contributed by atoms with Crippen molar-refractivity contribution in [1.29, 1.82) is 0 Å². The zero-order valence-corrected chi connectivity index (χ0v) is 10.2. The van der Waals surface area contributed by atoms with Crippen molar-refractivity contribution in [3.05, 3.63) is 54.4 Å². The standard InChI is InChI=1S/C13H11F3N4/c14-13(15,16)10-5-1-2-6-11(10)20-12(17)19-9-4-3-7-18-8-9/h1-8H,(H3,17,19,20). The van der Waals surface area contributed by atoms with Crippen LogP contribution >= 0.6 is 0 Å². The SMILES string of the molecule is NC(=Nc1ccccc1C(F)(F)F)Nc1cccnc1. The van der Waals surface area contributed by atoms with E-state index in [2.05, 4.69) is 15.3 Å². The number of para-hydroxylation sites is 1. The van der Waals surface area contributed by atoms with Crippen LogP contribution < -0.4 is 11.1 Å². The molecule has 1 heterocycles. The number of benzene rings is 1. The largest absolute Gasteiger partial charge is 0.418 e. The van der Waals surface area contributed by atoms with E-state index in [-0.39, 0.29) is 11.6 Å². The second-order valence-electron chi connectivity index (χ2n) is 3.88. The third-order valence-electron chi connectivity index (χ3n) is 2.38. The number of hydrogen-bond acceptors (Lipinski definition) is 2. The minimum Gasteiger partial charge on any atom is -0.369 e. The molecule has 0 saturated heterocycles. The third-order valence-corrected chi connectivity index (χ3v) is 2.38. The molecule has 1 aromatic heterocycles. The first-order valence-corrected chi connectivity index (χ1v) is 5.64. The van der Waals surface area contributed by atoms with Gasteiger partial charge >= 0.3 is 6.18 Å². The highest BCUT2D eigenvalue weighted by Gasteiger charge is 2.33. The number of aliphatic imine (C=N–C) groups is 1. The van der Waals surface area contributed by atoms with Gasteiger partial charge in [0.25, 0.3) is 0 Å². The van der Waals surface area contributed by atoms with Gasteiger partial charge in [-0.15, -0.1) is 0 Å². The van der Waals surface area contributed by atoms with Gasteiger partial charge in [-0.25, -0.2) is 4.99 Å². The molecule has 0 aliphatic heterocycles. The van der Waals surface area contributed by atoms with Crippen LogP contribution in [-0.2, 0) is 6.18 Å². The monoisotopic (exact) mass is 280 g/mol. The smallest absolute Gasteiger partial charge is 0.369 e. The van der Waals surface area contributed by atoms with Crippen molar-refractivity contribution in [3.8, 4) is 0 Å². The van der Waals surface area contributed by atoms with Gasteiger partial charge in [0.05, 0.1) is 23.1 Å². The Hall–Kier alpha value is -2.57. The van der Waals surface area contributed by atoms with Crippen LogP contribution in [0, 0.1) is 0 Å².